The van der Waals surface area contributed by atoms with E-state index in [2.05, 4.69) is 46.4 Å². The first-order chi connectivity index (χ1) is 12.4. The number of rotatable bonds is 2. The van der Waals surface area contributed by atoms with Crippen molar-refractivity contribution in [2.24, 2.45) is 0 Å². The number of para-hydroxylation sites is 2. The highest BCUT2D eigenvalue weighted by molar-refractivity contribution is 6.12. The van der Waals surface area contributed by atoms with Crippen molar-refractivity contribution in [3.05, 3.63) is 85.3 Å². The van der Waals surface area contributed by atoms with E-state index in [1.165, 1.54) is 0 Å². The number of aromatic nitrogens is 2. The molecule has 25 heavy (non-hydrogen) atoms. The van der Waals surface area contributed by atoms with Crippen LogP contribution in [0.25, 0.3) is 44.3 Å². The highest BCUT2D eigenvalue weighted by Gasteiger charge is 2.15. The van der Waals surface area contributed by atoms with Crippen LogP contribution in [0.4, 0.5) is 0 Å². The minimum atomic E-state index is 0.861. The summed E-state index contributed by atoms with van der Waals surface area (Å²) >= 11 is 0. The molecule has 0 aliphatic rings. The van der Waals surface area contributed by atoms with Crippen LogP contribution in [0, 0.1) is 0 Å². The largest absolute Gasteiger partial charge is 0.455 e. The van der Waals surface area contributed by atoms with E-state index < -0.39 is 0 Å². The highest BCUT2D eigenvalue weighted by atomic mass is 16.3. The molecule has 118 valence electrons. The number of furan rings is 1. The van der Waals surface area contributed by atoms with E-state index in [0.717, 1.165) is 44.3 Å². The summed E-state index contributed by atoms with van der Waals surface area (Å²) in [4.78, 5) is 8.38. The van der Waals surface area contributed by atoms with E-state index in [9.17, 15) is 0 Å². The van der Waals surface area contributed by atoms with Crippen molar-refractivity contribution in [1.82, 2.24) is 9.97 Å². The predicted molar refractivity (Wildman–Crippen MR) is 100 cm³/mol. The van der Waals surface area contributed by atoms with Crippen LogP contribution in [0.2, 0.25) is 0 Å². The van der Waals surface area contributed by atoms with Crippen LogP contribution in [-0.2, 0) is 0 Å². The first-order valence-electron chi connectivity index (χ1n) is 8.18. The molecule has 0 N–H and O–H groups in total. The van der Waals surface area contributed by atoms with Crippen molar-refractivity contribution in [3.8, 4) is 22.4 Å². The molecule has 0 saturated carbocycles. The van der Waals surface area contributed by atoms with Gasteiger partial charge in [-0.1, -0.05) is 60.7 Å². The Morgan fingerprint density at radius 2 is 1.36 bits per heavy atom. The van der Waals surface area contributed by atoms with Crippen LogP contribution in [0.3, 0.4) is 0 Å². The van der Waals surface area contributed by atoms with E-state index in [-0.39, 0.29) is 0 Å². The number of hydrogen-bond donors (Lipinski definition) is 0. The summed E-state index contributed by atoms with van der Waals surface area (Å²) < 4.78 is 6.36. The van der Waals surface area contributed by atoms with Gasteiger partial charge in [-0.15, -0.1) is 0 Å². The second-order valence-electron chi connectivity index (χ2n) is 5.93. The topological polar surface area (TPSA) is 38.9 Å². The van der Waals surface area contributed by atoms with Crippen LogP contribution >= 0.6 is 0 Å². The van der Waals surface area contributed by atoms with Gasteiger partial charge in [0.05, 0.1) is 5.69 Å². The molecule has 0 amide bonds. The fraction of sp³-hybridized carbons (Fsp3) is 0. The molecule has 3 heteroatoms. The molecule has 5 aromatic rings. The molecule has 2 heterocycles. The predicted octanol–water partition coefficient (Wildman–Crippen LogP) is 5.71. The van der Waals surface area contributed by atoms with Crippen molar-refractivity contribution < 1.29 is 4.42 Å². The average Bonchev–Trinajstić information content (AvgIpc) is 3.08. The first-order valence-corrected chi connectivity index (χ1v) is 8.18. The lowest BCUT2D eigenvalue weighted by atomic mass is 10.0. The lowest BCUT2D eigenvalue weighted by molar-refractivity contribution is 0.671. The van der Waals surface area contributed by atoms with Gasteiger partial charge in [0.25, 0.3) is 0 Å². The third-order valence-electron chi connectivity index (χ3n) is 4.47. The summed E-state index contributed by atoms with van der Waals surface area (Å²) in [5, 5.41) is 2.22. The Kier molecular flexibility index (Phi) is 3.10. The summed E-state index contributed by atoms with van der Waals surface area (Å²) in [5.41, 5.74) is 5.86. The molecule has 2 aromatic heterocycles. The van der Waals surface area contributed by atoms with Gasteiger partial charge in [0.1, 0.15) is 17.5 Å². The van der Waals surface area contributed by atoms with Crippen LogP contribution in [0.1, 0.15) is 0 Å². The van der Waals surface area contributed by atoms with E-state index >= 15 is 0 Å². The van der Waals surface area contributed by atoms with Crippen LogP contribution < -0.4 is 0 Å². The summed E-state index contributed by atoms with van der Waals surface area (Å²) in [6, 6.07) is 24.7. The normalized spacial score (nSPS) is 11.2. The number of hydrogen-bond acceptors (Lipinski definition) is 3. The molecular formula is C22H14N2O. The molecular weight excluding hydrogens is 308 g/mol. The smallest absolute Gasteiger partial charge is 0.144 e. The molecule has 3 nitrogen and oxygen atoms in total. The van der Waals surface area contributed by atoms with E-state index in [4.69, 9.17) is 4.42 Å². The zero-order valence-corrected chi connectivity index (χ0v) is 13.4. The second kappa shape index (κ2) is 5.56. The Morgan fingerprint density at radius 3 is 2.08 bits per heavy atom. The maximum atomic E-state index is 6.36. The maximum absolute atomic E-state index is 6.36. The number of fused-ring (bicyclic) bond motifs is 3. The molecule has 0 aliphatic carbocycles. The molecule has 3 aromatic carbocycles. The van der Waals surface area contributed by atoms with Crippen LogP contribution in [-0.4, -0.2) is 9.97 Å². The summed E-state index contributed by atoms with van der Waals surface area (Å²) in [6.07, 6.45) is 3.31. The Hall–Kier alpha value is -3.46. The van der Waals surface area contributed by atoms with E-state index in [1.807, 2.05) is 36.4 Å². The maximum Gasteiger partial charge on any atom is 0.144 e. The summed E-state index contributed by atoms with van der Waals surface area (Å²) in [7, 11) is 0. The molecule has 0 spiro atoms. The number of benzene rings is 3. The van der Waals surface area contributed by atoms with Gasteiger partial charge < -0.3 is 4.42 Å². The van der Waals surface area contributed by atoms with Crippen molar-refractivity contribution in [2.45, 2.75) is 0 Å². The van der Waals surface area contributed by atoms with Gasteiger partial charge in [0.2, 0.25) is 0 Å². The Balaban J connectivity index is 1.85. The molecule has 0 unspecified atom stereocenters. The monoisotopic (exact) mass is 322 g/mol. The van der Waals surface area contributed by atoms with Crippen LogP contribution in [0.15, 0.2) is 89.7 Å². The summed E-state index contributed by atoms with van der Waals surface area (Å²) in [5.74, 6) is 0. The molecule has 5 rings (SSSR count). The molecule has 0 aliphatic heterocycles. The molecule has 0 radical (unpaired) electrons. The average molecular weight is 322 g/mol. The Labute approximate surface area is 144 Å². The lowest BCUT2D eigenvalue weighted by Gasteiger charge is -2.01. The van der Waals surface area contributed by atoms with Gasteiger partial charge in [-0.3, -0.25) is 0 Å². The van der Waals surface area contributed by atoms with Gasteiger partial charge in [-0.05, 0) is 17.7 Å². The van der Waals surface area contributed by atoms with Crippen molar-refractivity contribution in [1.29, 1.82) is 0 Å². The first kappa shape index (κ1) is 13.9. The summed E-state index contributed by atoms with van der Waals surface area (Å²) in [6.45, 7) is 0. The molecule has 0 bridgehead atoms. The molecule has 0 saturated heterocycles. The Morgan fingerprint density at radius 1 is 0.640 bits per heavy atom. The van der Waals surface area contributed by atoms with E-state index in [0.29, 0.717) is 0 Å². The number of nitrogens with zero attached hydrogens (tertiary/aromatic N) is 2. The van der Waals surface area contributed by atoms with Gasteiger partial charge in [0.15, 0.2) is 0 Å². The zero-order chi connectivity index (χ0) is 16.6. The zero-order valence-electron chi connectivity index (χ0n) is 13.4. The standard InChI is InChI=1S/C22H14N2O/c1-2-6-15(7-3-1)16-8-4-9-17-18-10-5-11-19(22(18)25-21(16)17)20-12-13-23-14-24-20/h1-14H. The molecule has 0 atom stereocenters. The third-order valence-corrected chi connectivity index (χ3v) is 4.47. The minimum absolute atomic E-state index is 0.861. The second-order valence-corrected chi connectivity index (χ2v) is 5.93. The van der Waals surface area contributed by atoms with Crippen molar-refractivity contribution in [3.63, 3.8) is 0 Å². The van der Waals surface area contributed by atoms with Gasteiger partial charge in [0, 0.05) is 28.1 Å². The third kappa shape index (κ3) is 2.21. The minimum Gasteiger partial charge on any atom is -0.455 e. The van der Waals surface area contributed by atoms with Gasteiger partial charge in [-0.25, -0.2) is 9.97 Å². The quantitative estimate of drug-likeness (QED) is 0.418. The van der Waals surface area contributed by atoms with Crippen molar-refractivity contribution >= 4 is 21.9 Å². The SMILES string of the molecule is c1ccc(-c2cccc3c2oc2c(-c4ccncn4)cccc23)cc1. The van der Waals surface area contributed by atoms with Gasteiger partial charge >= 0.3 is 0 Å². The fourth-order valence-electron chi connectivity index (χ4n) is 3.32. The lowest BCUT2D eigenvalue weighted by Crippen LogP contribution is -1.83. The van der Waals surface area contributed by atoms with Crippen LogP contribution in [0.5, 0.6) is 0 Å². The molecule has 0 fully saturated rings. The fourth-order valence-corrected chi connectivity index (χ4v) is 3.32. The highest BCUT2D eigenvalue weighted by Crippen LogP contribution is 2.39. The van der Waals surface area contributed by atoms with E-state index in [1.54, 1.807) is 12.5 Å². The Bertz CT molecular complexity index is 1080. The van der Waals surface area contributed by atoms with Crippen molar-refractivity contribution in [2.75, 3.05) is 0 Å². The van der Waals surface area contributed by atoms with Gasteiger partial charge in [-0.2, -0.15) is 0 Å².